The van der Waals surface area contributed by atoms with Gasteiger partial charge in [0, 0.05) is 11.6 Å². The number of hydrogen-bond acceptors (Lipinski definition) is 4. The van der Waals surface area contributed by atoms with E-state index < -0.39 is 15.6 Å². The van der Waals surface area contributed by atoms with Crippen molar-refractivity contribution >= 4 is 10.0 Å². The number of furan rings is 1. The van der Waals surface area contributed by atoms with Crippen molar-refractivity contribution in [3.05, 3.63) is 17.6 Å². The second kappa shape index (κ2) is 4.20. The van der Waals surface area contributed by atoms with Crippen LogP contribution in [0.5, 0.6) is 0 Å². The Morgan fingerprint density at radius 1 is 1.44 bits per heavy atom. The van der Waals surface area contributed by atoms with E-state index in [4.69, 9.17) is 10.2 Å². The molecule has 0 aliphatic carbocycles. The van der Waals surface area contributed by atoms with Gasteiger partial charge in [-0.1, -0.05) is 0 Å². The molecule has 3 N–H and O–H groups in total. The first-order valence-corrected chi connectivity index (χ1v) is 6.47. The van der Waals surface area contributed by atoms with Gasteiger partial charge in [0.2, 0.25) is 10.0 Å². The van der Waals surface area contributed by atoms with Crippen molar-refractivity contribution < 1.29 is 12.8 Å². The largest absolute Gasteiger partial charge is 0.464 e. The fraction of sp³-hybridized carbons (Fsp3) is 0.600. The maximum atomic E-state index is 12.0. The first-order chi connectivity index (χ1) is 7.15. The summed E-state index contributed by atoms with van der Waals surface area (Å²) >= 11 is 0. The molecule has 0 aliphatic heterocycles. The molecular weight excluding hydrogens is 228 g/mol. The summed E-state index contributed by atoms with van der Waals surface area (Å²) < 4.78 is 31.8. The van der Waals surface area contributed by atoms with Crippen molar-refractivity contribution in [3.63, 3.8) is 0 Å². The molecule has 0 spiro atoms. The molecule has 0 saturated carbocycles. The van der Waals surface area contributed by atoms with Gasteiger partial charge in [0.25, 0.3) is 0 Å². The lowest BCUT2D eigenvalue weighted by molar-refractivity contribution is 0.472. The average Bonchev–Trinajstić information content (AvgIpc) is 2.43. The monoisotopic (exact) mass is 246 g/mol. The topological polar surface area (TPSA) is 85.3 Å². The predicted octanol–water partition coefficient (Wildman–Crippen LogP) is 1.12. The van der Waals surface area contributed by atoms with Crippen LogP contribution in [-0.4, -0.2) is 14.0 Å². The Morgan fingerprint density at radius 2 is 2.00 bits per heavy atom. The lowest BCUT2D eigenvalue weighted by atomic mass is 10.1. The molecule has 6 heteroatoms. The number of nitrogens with one attached hydrogen (secondary N) is 1. The van der Waals surface area contributed by atoms with Crippen LogP contribution in [0, 0.1) is 6.92 Å². The molecule has 1 aromatic rings. The van der Waals surface area contributed by atoms with Gasteiger partial charge in [0.05, 0.1) is 6.54 Å². The van der Waals surface area contributed by atoms with Crippen molar-refractivity contribution in [3.8, 4) is 0 Å². The molecule has 16 heavy (non-hydrogen) atoms. The summed E-state index contributed by atoms with van der Waals surface area (Å²) in [6.45, 7) is 7.14. The Kier molecular flexibility index (Phi) is 3.47. The second-order valence-electron chi connectivity index (χ2n) is 4.69. The van der Waals surface area contributed by atoms with Crippen LogP contribution >= 0.6 is 0 Å². The Morgan fingerprint density at radius 3 is 2.38 bits per heavy atom. The molecule has 0 aromatic carbocycles. The van der Waals surface area contributed by atoms with Crippen LogP contribution in [0.1, 0.15) is 32.3 Å². The summed E-state index contributed by atoms with van der Waals surface area (Å²) in [6, 6.07) is 1.46. The van der Waals surface area contributed by atoms with Gasteiger partial charge in [-0.05, 0) is 27.7 Å². The van der Waals surface area contributed by atoms with Crippen molar-refractivity contribution in [1.82, 2.24) is 4.72 Å². The third-order valence-electron chi connectivity index (χ3n) is 1.85. The highest BCUT2D eigenvalue weighted by molar-refractivity contribution is 7.89. The van der Waals surface area contributed by atoms with Gasteiger partial charge >= 0.3 is 0 Å². The number of rotatable bonds is 3. The Bertz CT molecular complexity index is 469. The van der Waals surface area contributed by atoms with Crippen LogP contribution in [0.25, 0.3) is 0 Å². The minimum Gasteiger partial charge on any atom is -0.464 e. The first kappa shape index (κ1) is 13.2. The van der Waals surface area contributed by atoms with Crippen molar-refractivity contribution in [2.24, 2.45) is 5.73 Å². The predicted molar refractivity (Wildman–Crippen MR) is 61.4 cm³/mol. The fourth-order valence-corrected chi connectivity index (χ4v) is 2.97. The molecule has 1 heterocycles. The normalized spacial score (nSPS) is 13.1. The van der Waals surface area contributed by atoms with E-state index in [1.54, 1.807) is 27.7 Å². The van der Waals surface area contributed by atoms with Gasteiger partial charge in [-0.2, -0.15) is 0 Å². The molecule has 0 bridgehead atoms. The van der Waals surface area contributed by atoms with Gasteiger partial charge in [0.1, 0.15) is 16.4 Å². The highest BCUT2D eigenvalue weighted by atomic mass is 32.2. The van der Waals surface area contributed by atoms with E-state index in [-0.39, 0.29) is 11.4 Å². The SMILES string of the molecule is Cc1oc(CN)cc1S(=O)(=O)NC(C)(C)C. The summed E-state index contributed by atoms with van der Waals surface area (Å²) in [6.07, 6.45) is 0. The third kappa shape index (κ3) is 3.07. The Balaban J connectivity index is 3.12. The molecule has 0 atom stereocenters. The first-order valence-electron chi connectivity index (χ1n) is 4.99. The quantitative estimate of drug-likeness (QED) is 0.837. The number of hydrogen-bond donors (Lipinski definition) is 2. The minimum absolute atomic E-state index is 0.155. The van der Waals surface area contributed by atoms with E-state index in [0.29, 0.717) is 11.5 Å². The number of nitrogens with two attached hydrogens (primary N) is 1. The summed E-state index contributed by atoms with van der Waals surface area (Å²) in [7, 11) is -3.54. The summed E-state index contributed by atoms with van der Waals surface area (Å²) in [4.78, 5) is 0.155. The smallest absolute Gasteiger partial charge is 0.244 e. The molecule has 1 aromatic heterocycles. The van der Waals surface area contributed by atoms with E-state index in [1.807, 2.05) is 0 Å². The van der Waals surface area contributed by atoms with Gasteiger partial charge in [-0.25, -0.2) is 13.1 Å². The Hall–Kier alpha value is -0.850. The third-order valence-corrected chi connectivity index (χ3v) is 3.72. The van der Waals surface area contributed by atoms with E-state index in [0.717, 1.165) is 0 Å². The fourth-order valence-electron chi connectivity index (χ4n) is 1.35. The van der Waals surface area contributed by atoms with Gasteiger partial charge < -0.3 is 10.2 Å². The van der Waals surface area contributed by atoms with Crippen LogP contribution in [0.2, 0.25) is 0 Å². The molecule has 0 amide bonds. The Labute approximate surface area is 96.1 Å². The lowest BCUT2D eigenvalue weighted by Gasteiger charge is -2.19. The number of sulfonamides is 1. The van der Waals surface area contributed by atoms with Crippen LogP contribution in [0.15, 0.2) is 15.4 Å². The van der Waals surface area contributed by atoms with Crippen molar-refractivity contribution in [2.75, 3.05) is 0 Å². The maximum absolute atomic E-state index is 12.0. The van der Waals surface area contributed by atoms with Gasteiger partial charge in [-0.15, -0.1) is 0 Å². The summed E-state index contributed by atoms with van der Waals surface area (Å²) in [5, 5.41) is 0. The van der Waals surface area contributed by atoms with Crippen molar-refractivity contribution in [2.45, 2.75) is 44.7 Å². The van der Waals surface area contributed by atoms with E-state index in [2.05, 4.69) is 4.72 Å². The zero-order valence-corrected chi connectivity index (χ0v) is 10.8. The van der Waals surface area contributed by atoms with Crippen LogP contribution in [0.4, 0.5) is 0 Å². The molecule has 5 nitrogen and oxygen atoms in total. The average molecular weight is 246 g/mol. The van der Waals surface area contributed by atoms with Crippen LogP contribution in [0.3, 0.4) is 0 Å². The van der Waals surface area contributed by atoms with E-state index in [9.17, 15) is 8.42 Å². The minimum atomic E-state index is -3.54. The zero-order valence-electron chi connectivity index (χ0n) is 9.99. The summed E-state index contributed by atoms with van der Waals surface area (Å²) in [5.74, 6) is 0.823. The maximum Gasteiger partial charge on any atom is 0.244 e. The van der Waals surface area contributed by atoms with Gasteiger partial charge in [0.15, 0.2) is 0 Å². The lowest BCUT2D eigenvalue weighted by Crippen LogP contribution is -2.40. The zero-order chi connectivity index (χ0) is 12.6. The molecule has 0 saturated heterocycles. The van der Waals surface area contributed by atoms with E-state index in [1.165, 1.54) is 6.07 Å². The van der Waals surface area contributed by atoms with Gasteiger partial charge in [-0.3, -0.25) is 0 Å². The standard InChI is InChI=1S/C10H18N2O3S/c1-7-9(5-8(6-11)15-7)16(13,14)12-10(2,3)4/h5,12H,6,11H2,1-4H3. The second-order valence-corrected chi connectivity index (χ2v) is 6.34. The van der Waals surface area contributed by atoms with Crippen molar-refractivity contribution in [1.29, 1.82) is 0 Å². The number of aryl methyl sites for hydroxylation is 1. The summed E-state index contributed by atoms with van der Waals surface area (Å²) in [5.41, 5.74) is 4.87. The molecule has 0 radical (unpaired) electrons. The molecular formula is C10H18N2O3S. The molecule has 0 fully saturated rings. The molecule has 0 aliphatic rings. The molecule has 1 rings (SSSR count). The highest BCUT2D eigenvalue weighted by Crippen LogP contribution is 2.21. The van der Waals surface area contributed by atoms with Crippen LogP contribution in [-0.2, 0) is 16.6 Å². The molecule has 0 unspecified atom stereocenters. The molecule has 92 valence electrons. The highest BCUT2D eigenvalue weighted by Gasteiger charge is 2.25. The van der Waals surface area contributed by atoms with Crippen LogP contribution < -0.4 is 10.5 Å². The van der Waals surface area contributed by atoms with E-state index >= 15 is 0 Å².